The van der Waals surface area contributed by atoms with Crippen molar-refractivity contribution in [2.75, 3.05) is 18.6 Å². The molecule has 21 heavy (non-hydrogen) atoms. The summed E-state index contributed by atoms with van der Waals surface area (Å²) in [5.41, 5.74) is 8.18. The summed E-state index contributed by atoms with van der Waals surface area (Å²) < 4.78 is 5.77. The monoisotopic (exact) mass is 285 g/mol. The molecule has 4 nitrogen and oxygen atoms in total. The maximum atomic E-state index is 5.80. The Balaban J connectivity index is 2.18. The molecule has 1 heterocycles. The standard InChI is InChI=1S/C17H23N3O/c1-3-11-21-16-9-6-10-19-17(16)20(2)13-15-8-5-4-7-14(15)12-18/h4-10H,3,11-13,18H2,1-2H3. The second-order valence-electron chi connectivity index (χ2n) is 5.00. The molecule has 2 aromatic rings. The van der Waals surface area contributed by atoms with E-state index in [9.17, 15) is 0 Å². The molecule has 0 aliphatic rings. The van der Waals surface area contributed by atoms with E-state index in [0.29, 0.717) is 13.2 Å². The van der Waals surface area contributed by atoms with Crippen molar-refractivity contribution in [2.45, 2.75) is 26.4 Å². The molecule has 0 unspecified atom stereocenters. The molecule has 0 saturated carbocycles. The number of benzene rings is 1. The Morgan fingerprint density at radius 3 is 2.62 bits per heavy atom. The molecule has 4 heteroatoms. The number of nitrogens with two attached hydrogens (primary N) is 1. The number of hydrogen-bond acceptors (Lipinski definition) is 4. The molecule has 0 amide bonds. The summed E-state index contributed by atoms with van der Waals surface area (Å²) in [6.07, 6.45) is 2.77. The van der Waals surface area contributed by atoms with Crippen LogP contribution >= 0.6 is 0 Å². The lowest BCUT2D eigenvalue weighted by atomic mass is 10.1. The first-order valence-electron chi connectivity index (χ1n) is 7.32. The number of pyridine rings is 1. The van der Waals surface area contributed by atoms with Gasteiger partial charge in [-0.05, 0) is 29.7 Å². The van der Waals surface area contributed by atoms with E-state index in [-0.39, 0.29) is 0 Å². The maximum absolute atomic E-state index is 5.80. The fraction of sp³-hybridized carbons (Fsp3) is 0.353. The van der Waals surface area contributed by atoms with E-state index in [1.807, 2.05) is 31.3 Å². The van der Waals surface area contributed by atoms with Crippen molar-refractivity contribution in [2.24, 2.45) is 5.73 Å². The normalized spacial score (nSPS) is 10.4. The Hall–Kier alpha value is -2.07. The summed E-state index contributed by atoms with van der Waals surface area (Å²) in [4.78, 5) is 6.55. The number of anilines is 1. The predicted molar refractivity (Wildman–Crippen MR) is 86.5 cm³/mol. The molecular weight excluding hydrogens is 262 g/mol. The van der Waals surface area contributed by atoms with E-state index in [1.54, 1.807) is 6.20 Å². The fourth-order valence-electron chi connectivity index (χ4n) is 2.23. The summed E-state index contributed by atoms with van der Waals surface area (Å²) in [6, 6.07) is 12.1. The van der Waals surface area contributed by atoms with E-state index < -0.39 is 0 Å². The second kappa shape index (κ2) is 7.64. The van der Waals surface area contributed by atoms with Gasteiger partial charge in [-0.3, -0.25) is 0 Å². The van der Waals surface area contributed by atoms with Gasteiger partial charge in [0.15, 0.2) is 11.6 Å². The highest BCUT2D eigenvalue weighted by atomic mass is 16.5. The average Bonchev–Trinajstić information content (AvgIpc) is 2.53. The van der Waals surface area contributed by atoms with Crippen LogP contribution in [-0.4, -0.2) is 18.6 Å². The molecule has 0 spiro atoms. The fourth-order valence-corrected chi connectivity index (χ4v) is 2.23. The quantitative estimate of drug-likeness (QED) is 0.849. The van der Waals surface area contributed by atoms with Gasteiger partial charge >= 0.3 is 0 Å². The minimum Gasteiger partial charge on any atom is -0.490 e. The van der Waals surface area contributed by atoms with Crippen molar-refractivity contribution in [3.8, 4) is 5.75 Å². The van der Waals surface area contributed by atoms with Crippen molar-refractivity contribution in [3.05, 3.63) is 53.7 Å². The molecule has 1 aromatic heterocycles. The van der Waals surface area contributed by atoms with Crippen LogP contribution in [0.15, 0.2) is 42.6 Å². The average molecular weight is 285 g/mol. The third-order valence-corrected chi connectivity index (χ3v) is 3.32. The van der Waals surface area contributed by atoms with Gasteiger partial charge < -0.3 is 15.4 Å². The molecule has 2 rings (SSSR count). The first kappa shape index (κ1) is 15.3. The molecule has 0 radical (unpaired) electrons. The Morgan fingerprint density at radius 2 is 1.90 bits per heavy atom. The Morgan fingerprint density at radius 1 is 1.14 bits per heavy atom. The lowest BCUT2D eigenvalue weighted by Crippen LogP contribution is -2.20. The Bertz CT molecular complexity index is 571. The predicted octanol–water partition coefficient (Wildman–Crippen LogP) is 2.97. The van der Waals surface area contributed by atoms with Gasteiger partial charge in [-0.2, -0.15) is 0 Å². The molecule has 2 N–H and O–H groups in total. The van der Waals surface area contributed by atoms with Crippen molar-refractivity contribution < 1.29 is 4.74 Å². The Kier molecular flexibility index (Phi) is 5.58. The van der Waals surface area contributed by atoms with Gasteiger partial charge in [-0.15, -0.1) is 0 Å². The van der Waals surface area contributed by atoms with E-state index in [1.165, 1.54) is 5.56 Å². The summed E-state index contributed by atoms with van der Waals surface area (Å²) in [6.45, 7) is 4.10. The summed E-state index contributed by atoms with van der Waals surface area (Å²) in [5.74, 6) is 1.69. The highest BCUT2D eigenvalue weighted by Gasteiger charge is 2.11. The zero-order valence-electron chi connectivity index (χ0n) is 12.7. The van der Waals surface area contributed by atoms with Crippen molar-refractivity contribution in [1.29, 1.82) is 0 Å². The largest absolute Gasteiger partial charge is 0.490 e. The summed E-state index contributed by atoms with van der Waals surface area (Å²) in [7, 11) is 2.02. The number of hydrogen-bond donors (Lipinski definition) is 1. The minimum absolute atomic E-state index is 0.547. The molecule has 1 aromatic carbocycles. The number of ether oxygens (including phenoxy) is 1. The third-order valence-electron chi connectivity index (χ3n) is 3.32. The Labute approximate surface area is 126 Å². The highest BCUT2D eigenvalue weighted by molar-refractivity contribution is 5.52. The van der Waals surface area contributed by atoms with Crippen LogP contribution in [-0.2, 0) is 13.1 Å². The lowest BCUT2D eigenvalue weighted by Gasteiger charge is -2.22. The van der Waals surface area contributed by atoms with Crippen LogP contribution in [0, 0.1) is 0 Å². The topological polar surface area (TPSA) is 51.4 Å². The molecule has 0 atom stereocenters. The summed E-state index contributed by atoms with van der Waals surface area (Å²) >= 11 is 0. The molecule has 112 valence electrons. The van der Waals surface area contributed by atoms with Crippen molar-refractivity contribution in [1.82, 2.24) is 4.98 Å². The number of aromatic nitrogens is 1. The van der Waals surface area contributed by atoms with Gasteiger partial charge in [0, 0.05) is 26.3 Å². The number of nitrogens with zero attached hydrogens (tertiary/aromatic N) is 2. The van der Waals surface area contributed by atoms with Gasteiger partial charge in [0.1, 0.15) is 0 Å². The van der Waals surface area contributed by atoms with Gasteiger partial charge in [-0.1, -0.05) is 31.2 Å². The van der Waals surface area contributed by atoms with Crippen LogP contribution in [0.1, 0.15) is 24.5 Å². The van der Waals surface area contributed by atoms with Crippen molar-refractivity contribution in [3.63, 3.8) is 0 Å². The lowest BCUT2D eigenvalue weighted by molar-refractivity contribution is 0.316. The van der Waals surface area contributed by atoms with Gasteiger partial charge in [-0.25, -0.2) is 4.98 Å². The second-order valence-corrected chi connectivity index (χ2v) is 5.00. The van der Waals surface area contributed by atoms with Crippen LogP contribution in [0.5, 0.6) is 5.75 Å². The first-order valence-corrected chi connectivity index (χ1v) is 7.32. The molecule has 0 fully saturated rings. The molecular formula is C17H23N3O. The molecule has 0 bridgehead atoms. The van der Waals surface area contributed by atoms with Crippen LogP contribution in [0.4, 0.5) is 5.82 Å². The maximum Gasteiger partial charge on any atom is 0.171 e. The van der Waals surface area contributed by atoms with Crippen LogP contribution in [0.2, 0.25) is 0 Å². The SMILES string of the molecule is CCCOc1cccnc1N(C)Cc1ccccc1CN. The van der Waals surface area contributed by atoms with E-state index in [4.69, 9.17) is 10.5 Å². The highest BCUT2D eigenvalue weighted by Crippen LogP contribution is 2.26. The molecule has 0 saturated heterocycles. The summed E-state index contributed by atoms with van der Waals surface area (Å²) in [5, 5.41) is 0. The van der Waals surface area contributed by atoms with Crippen LogP contribution in [0.3, 0.4) is 0 Å². The third kappa shape index (κ3) is 3.95. The zero-order chi connectivity index (χ0) is 15.1. The van der Waals surface area contributed by atoms with E-state index >= 15 is 0 Å². The number of rotatable bonds is 7. The molecule has 0 aliphatic carbocycles. The minimum atomic E-state index is 0.547. The van der Waals surface area contributed by atoms with Gasteiger partial charge in [0.05, 0.1) is 6.61 Å². The zero-order valence-corrected chi connectivity index (χ0v) is 12.7. The molecule has 0 aliphatic heterocycles. The van der Waals surface area contributed by atoms with Crippen molar-refractivity contribution >= 4 is 5.82 Å². The first-order chi connectivity index (χ1) is 10.3. The van der Waals surface area contributed by atoms with E-state index in [2.05, 4.69) is 28.9 Å². The van der Waals surface area contributed by atoms with E-state index in [0.717, 1.165) is 30.1 Å². The van der Waals surface area contributed by atoms with Crippen LogP contribution in [0.25, 0.3) is 0 Å². The van der Waals surface area contributed by atoms with Gasteiger partial charge in [0.25, 0.3) is 0 Å². The van der Waals surface area contributed by atoms with Gasteiger partial charge in [0.2, 0.25) is 0 Å². The smallest absolute Gasteiger partial charge is 0.171 e. The van der Waals surface area contributed by atoms with Crippen LogP contribution < -0.4 is 15.4 Å².